The quantitative estimate of drug-likeness (QED) is 0.559. The van der Waals surface area contributed by atoms with Crippen LogP contribution in [0.5, 0.6) is 0 Å². The minimum Gasteiger partial charge on any atom is -0.321 e. The molecular weight excluding hydrogens is 204 g/mol. The third-order valence-electron chi connectivity index (χ3n) is 1.81. The zero-order valence-corrected chi connectivity index (χ0v) is 10.2. The lowest BCUT2D eigenvalue weighted by molar-refractivity contribution is 1.12. The van der Waals surface area contributed by atoms with Gasteiger partial charge in [-0.2, -0.15) is 0 Å². The summed E-state index contributed by atoms with van der Waals surface area (Å²) in [4.78, 5) is 4.49. The Kier molecular flexibility index (Phi) is 4.43. The molecular formula is C12H16N2S. The standard InChI is InChI=1S/C12H16N2S/c1-5-11(14-8-6-7-9-14)12(15-4)13-10(2)3/h5-9H,1H2,2-4H3/b12-11-. The monoisotopic (exact) mass is 220 g/mol. The Balaban J connectivity index is 3.21. The lowest BCUT2D eigenvalue weighted by Crippen LogP contribution is -1.94. The van der Waals surface area contributed by atoms with Crippen LogP contribution in [-0.2, 0) is 0 Å². The van der Waals surface area contributed by atoms with Crippen LogP contribution < -0.4 is 0 Å². The van der Waals surface area contributed by atoms with Crippen LogP contribution in [0.4, 0.5) is 0 Å². The van der Waals surface area contributed by atoms with Crippen molar-refractivity contribution in [1.82, 2.24) is 4.57 Å². The second-order valence-corrected chi connectivity index (χ2v) is 4.04. The van der Waals surface area contributed by atoms with E-state index in [1.54, 1.807) is 11.8 Å². The van der Waals surface area contributed by atoms with Crippen molar-refractivity contribution in [3.63, 3.8) is 0 Å². The molecule has 0 spiro atoms. The lowest BCUT2D eigenvalue weighted by atomic mass is 10.4. The van der Waals surface area contributed by atoms with Crippen LogP contribution in [-0.4, -0.2) is 16.5 Å². The van der Waals surface area contributed by atoms with Gasteiger partial charge in [0.1, 0.15) is 5.03 Å². The second-order valence-electron chi connectivity index (χ2n) is 3.25. The molecule has 0 saturated carbocycles. The topological polar surface area (TPSA) is 17.3 Å². The maximum atomic E-state index is 4.49. The normalized spacial score (nSPS) is 11.9. The summed E-state index contributed by atoms with van der Waals surface area (Å²) in [7, 11) is 0. The van der Waals surface area contributed by atoms with E-state index < -0.39 is 0 Å². The third-order valence-corrected chi connectivity index (χ3v) is 2.50. The van der Waals surface area contributed by atoms with E-state index in [9.17, 15) is 0 Å². The molecule has 80 valence electrons. The molecule has 0 atom stereocenters. The summed E-state index contributed by atoms with van der Waals surface area (Å²) in [6, 6.07) is 3.98. The van der Waals surface area contributed by atoms with E-state index >= 15 is 0 Å². The zero-order chi connectivity index (χ0) is 11.3. The van der Waals surface area contributed by atoms with Crippen molar-refractivity contribution in [2.24, 2.45) is 4.99 Å². The van der Waals surface area contributed by atoms with E-state index in [-0.39, 0.29) is 0 Å². The number of thioether (sulfide) groups is 1. The number of hydrogen-bond acceptors (Lipinski definition) is 2. The summed E-state index contributed by atoms with van der Waals surface area (Å²) < 4.78 is 2.02. The number of rotatable bonds is 4. The van der Waals surface area contributed by atoms with Gasteiger partial charge in [-0.15, -0.1) is 11.8 Å². The molecule has 0 aliphatic heterocycles. The van der Waals surface area contributed by atoms with E-state index in [1.165, 1.54) is 0 Å². The Morgan fingerprint density at radius 2 is 1.93 bits per heavy atom. The smallest absolute Gasteiger partial charge is 0.120 e. The first kappa shape index (κ1) is 11.9. The van der Waals surface area contributed by atoms with Gasteiger partial charge in [0.15, 0.2) is 0 Å². The van der Waals surface area contributed by atoms with Crippen LogP contribution >= 0.6 is 11.8 Å². The molecule has 0 aromatic carbocycles. The summed E-state index contributed by atoms with van der Waals surface area (Å²) in [6.45, 7) is 7.82. The summed E-state index contributed by atoms with van der Waals surface area (Å²) in [5.74, 6) is 0. The van der Waals surface area contributed by atoms with Gasteiger partial charge < -0.3 is 4.57 Å². The average Bonchev–Trinajstić information content (AvgIpc) is 2.70. The van der Waals surface area contributed by atoms with Crippen molar-refractivity contribution in [2.75, 3.05) is 6.26 Å². The van der Waals surface area contributed by atoms with Gasteiger partial charge in [0.2, 0.25) is 0 Å². The molecule has 1 aromatic rings. The highest BCUT2D eigenvalue weighted by molar-refractivity contribution is 8.02. The van der Waals surface area contributed by atoms with E-state index in [0.29, 0.717) is 0 Å². The molecule has 0 aliphatic rings. The van der Waals surface area contributed by atoms with Crippen LogP contribution in [0.1, 0.15) is 13.8 Å². The first-order chi connectivity index (χ1) is 7.19. The summed E-state index contributed by atoms with van der Waals surface area (Å²) in [6.07, 6.45) is 7.84. The Labute approximate surface area is 95.4 Å². The van der Waals surface area contributed by atoms with Gasteiger partial charge in [-0.3, -0.25) is 0 Å². The van der Waals surface area contributed by atoms with Crippen molar-refractivity contribution in [2.45, 2.75) is 13.8 Å². The third kappa shape index (κ3) is 3.13. The molecule has 0 radical (unpaired) electrons. The van der Waals surface area contributed by atoms with Gasteiger partial charge in [0, 0.05) is 18.1 Å². The molecule has 0 fully saturated rings. The van der Waals surface area contributed by atoms with Crippen LogP contribution in [0.25, 0.3) is 5.70 Å². The number of aromatic nitrogens is 1. The fourth-order valence-corrected chi connectivity index (χ4v) is 1.88. The Morgan fingerprint density at radius 3 is 2.33 bits per heavy atom. The SMILES string of the molecule is C=C/C(=C(\N=C(C)C)SC)n1cccc1. The molecule has 0 bridgehead atoms. The molecule has 3 heteroatoms. The minimum absolute atomic E-state index is 0.987. The summed E-state index contributed by atoms with van der Waals surface area (Å²) >= 11 is 1.63. The fourth-order valence-electron chi connectivity index (χ4n) is 1.21. The van der Waals surface area contributed by atoms with E-state index in [2.05, 4.69) is 11.6 Å². The van der Waals surface area contributed by atoms with Crippen molar-refractivity contribution in [3.05, 3.63) is 42.2 Å². The Morgan fingerprint density at radius 1 is 1.33 bits per heavy atom. The molecule has 0 N–H and O–H groups in total. The first-order valence-corrected chi connectivity index (χ1v) is 5.97. The molecule has 15 heavy (non-hydrogen) atoms. The van der Waals surface area contributed by atoms with Crippen molar-refractivity contribution < 1.29 is 0 Å². The van der Waals surface area contributed by atoms with Gasteiger partial charge >= 0.3 is 0 Å². The molecule has 0 saturated heterocycles. The maximum absolute atomic E-state index is 4.49. The van der Waals surface area contributed by atoms with E-state index in [0.717, 1.165) is 16.4 Å². The number of aliphatic imine (C=N–C) groups is 1. The molecule has 0 aliphatic carbocycles. The Bertz CT molecular complexity index is 382. The molecule has 1 rings (SSSR count). The van der Waals surface area contributed by atoms with Gasteiger partial charge in [0.05, 0.1) is 5.70 Å². The second kappa shape index (κ2) is 5.61. The molecule has 2 nitrogen and oxygen atoms in total. The van der Waals surface area contributed by atoms with Gasteiger partial charge in [-0.1, -0.05) is 6.58 Å². The average molecular weight is 220 g/mol. The highest BCUT2D eigenvalue weighted by atomic mass is 32.2. The fraction of sp³-hybridized carbons (Fsp3) is 0.250. The maximum Gasteiger partial charge on any atom is 0.120 e. The van der Waals surface area contributed by atoms with E-state index in [1.807, 2.05) is 55.3 Å². The number of nitrogens with zero attached hydrogens (tertiary/aromatic N) is 2. The predicted molar refractivity (Wildman–Crippen MR) is 70.1 cm³/mol. The predicted octanol–water partition coefficient (Wildman–Crippen LogP) is 3.64. The Hall–Kier alpha value is -1.22. The molecule has 1 heterocycles. The van der Waals surface area contributed by atoms with E-state index in [4.69, 9.17) is 0 Å². The highest BCUT2D eigenvalue weighted by Crippen LogP contribution is 2.23. The van der Waals surface area contributed by atoms with Crippen molar-refractivity contribution >= 4 is 23.2 Å². The van der Waals surface area contributed by atoms with Crippen LogP contribution in [0.3, 0.4) is 0 Å². The summed E-state index contributed by atoms with van der Waals surface area (Å²) in [5.41, 5.74) is 2.07. The first-order valence-electron chi connectivity index (χ1n) is 4.75. The largest absolute Gasteiger partial charge is 0.321 e. The summed E-state index contributed by atoms with van der Waals surface area (Å²) in [5, 5.41) is 0.987. The number of allylic oxidation sites excluding steroid dienone is 2. The van der Waals surface area contributed by atoms with Crippen LogP contribution in [0.15, 0.2) is 47.2 Å². The molecule has 1 aromatic heterocycles. The van der Waals surface area contributed by atoms with Gasteiger partial charge in [-0.05, 0) is 38.3 Å². The minimum atomic E-state index is 0.987. The highest BCUT2D eigenvalue weighted by Gasteiger charge is 2.02. The number of hydrogen-bond donors (Lipinski definition) is 0. The molecule has 0 unspecified atom stereocenters. The molecule has 0 amide bonds. The lowest BCUT2D eigenvalue weighted by Gasteiger charge is -2.08. The van der Waals surface area contributed by atoms with Crippen molar-refractivity contribution in [3.8, 4) is 0 Å². The van der Waals surface area contributed by atoms with Crippen LogP contribution in [0, 0.1) is 0 Å². The van der Waals surface area contributed by atoms with Gasteiger partial charge in [-0.25, -0.2) is 4.99 Å². The van der Waals surface area contributed by atoms with Gasteiger partial charge in [0.25, 0.3) is 0 Å². The van der Waals surface area contributed by atoms with Crippen molar-refractivity contribution in [1.29, 1.82) is 0 Å². The van der Waals surface area contributed by atoms with Crippen LogP contribution in [0.2, 0.25) is 0 Å². The zero-order valence-electron chi connectivity index (χ0n) is 9.40.